The fourth-order valence-electron chi connectivity index (χ4n) is 1.62. The van der Waals surface area contributed by atoms with Gasteiger partial charge in [-0.25, -0.2) is 9.67 Å². The highest BCUT2D eigenvalue weighted by Crippen LogP contribution is 2.22. The van der Waals surface area contributed by atoms with E-state index in [-0.39, 0.29) is 0 Å². The van der Waals surface area contributed by atoms with Crippen molar-refractivity contribution in [1.29, 1.82) is 0 Å². The Kier molecular flexibility index (Phi) is 2.41. The maximum Gasteiger partial charge on any atom is 0.181 e. The van der Waals surface area contributed by atoms with Crippen LogP contribution in [0.4, 0.5) is 0 Å². The van der Waals surface area contributed by atoms with E-state index in [9.17, 15) is 0 Å². The van der Waals surface area contributed by atoms with Gasteiger partial charge in [-0.05, 0) is 10.4 Å². The monoisotopic (exact) mass is 243 g/mol. The predicted octanol–water partition coefficient (Wildman–Crippen LogP) is 2.00. The van der Waals surface area contributed by atoms with Gasteiger partial charge in [0.2, 0.25) is 0 Å². The second-order valence-corrected chi connectivity index (χ2v) is 4.30. The Morgan fingerprint density at radius 2 is 1.88 bits per heavy atom. The van der Waals surface area contributed by atoms with E-state index < -0.39 is 0 Å². The van der Waals surface area contributed by atoms with Crippen molar-refractivity contribution >= 4 is 11.3 Å². The molecule has 0 aliphatic heterocycles. The Balaban J connectivity index is 1.99. The molecular formula is C11H9N5S. The quantitative estimate of drug-likeness (QED) is 0.690. The number of benzene rings is 1. The van der Waals surface area contributed by atoms with E-state index in [4.69, 9.17) is 0 Å². The third-order valence-corrected chi connectivity index (χ3v) is 3.08. The maximum atomic E-state index is 4.27. The summed E-state index contributed by atoms with van der Waals surface area (Å²) in [5.41, 5.74) is 4.93. The van der Waals surface area contributed by atoms with E-state index in [1.807, 2.05) is 42.2 Å². The topological polar surface area (TPSA) is 56.5 Å². The minimum absolute atomic E-state index is 0.759. The predicted molar refractivity (Wildman–Crippen MR) is 65.3 cm³/mol. The summed E-state index contributed by atoms with van der Waals surface area (Å²) in [5.74, 6) is 0.759. The molecule has 0 fully saturated rings. The average Bonchev–Trinajstić information content (AvgIpc) is 3.00. The van der Waals surface area contributed by atoms with Gasteiger partial charge in [0.25, 0.3) is 0 Å². The first-order valence-corrected chi connectivity index (χ1v) is 6.00. The van der Waals surface area contributed by atoms with Crippen LogP contribution in [-0.2, 0) is 7.05 Å². The summed E-state index contributed by atoms with van der Waals surface area (Å²) in [4.78, 5) is 4.27. The molecule has 0 radical (unpaired) electrons. The molecule has 0 spiro atoms. The van der Waals surface area contributed by atoms with Crippen molar-refractivity contribution in [3.63, 3.8) is 0 Å². The molecule has 1 aromatic carbocycles. The summed E-state index contributed by atoms with van der Waals surface area (Å²) in [6.45, 7) is 0. The van der Waals surface area contributed by atoms with E-state index in [2.05, 4.69) is 20.5 Å². The van der Waals surface area contributed by atoms with E-state index in [1.165, 1.54) is 0 Å². The van der Waals surface area contributed by atoms with Gasteiger partial charge in [-0.2, -0.15) is 0 Å². The SMILES string of the molecule is Cn1nnnc1-c1ccc(-c2cscn2)cc1. The van der Waals surface area contributed by atoms with Crippen molar-refractivity contribution in [1.82, 2.24) is 25.2 Å². The van der Waals surface area contributed by atoms with Gasteiger partial charge in [-0.3, -0.25) is 0 Å². The van der Waals surface area contributed by atoms with Gasteiger partial charge >= 0.3 is 0 Å². The molecule has 3 aromatic rings. The number of thiazole rings is 1. The summed E-state index contributed by atoms with van der Waals surface area (Å²) < 4.78 is 1.65. The smallest absolute Gasteiger partial charge is 0.181 e. The number of tetrazole rings is 1. The molecule has 0 amide bonds. The number of nitrogens with zero attached hydrogens (tertiary/aromatic N) is 5. The Hall–Kier alpha value is -2.08. The Morgan fingerprint density at radius 1 is 1.12 bits per heavy atom. The maximum absolute atomic E-state index is 4.27. The second-order valence-electron chi connectivity index (χ2n) is 3.58. The molecule has 0 aliphatic carbocycles. The number of aromatic nitrogens is 5. The van der Waals surface area contributed by atoms with Crippen LogP contribution in [-0.4, -0.2) is 25.2 Å². The van der Waals surface area contributed by atoms with Crippen molar-refractivity contribution in [2.24, 2.45) is 7.05 Å². The van der Waals surface area contributed by atoms with Crippen LogP contribution in [0.5, 0.6) is 0 Å². The van der Waals surface area contributed by atoms with Crippen molar-refractivity contribution in [3.05, 3.63) is 35.2 Å². The fourth-order valence-corrected chi connectivity index (χ4v) is 2.18. The lowest BCUT2D eigenvalue weighted by molar-refractivity contribution is 0.714. The van der Waals surface area contributed by atoms with Gasteiger partial charge in [0.05, 0.1) is 11.2 Å². The molecule has 0 aliphatic rings. The van der Waals surface area contributed by atoms with Crippen molar-refractivity contribution in [2.75, 3.05) is 0 Å². The number of hydrogen-bond donors (Lipinski definition) is 0. The highest BCUT2D eigenvalue weighted by atomic mass is 32.1. The van der Waals surface area contributed by atoms with Crippen molar-refractivity contribution in [3.8, 4) is 22.6 Å². The molecule has 0 saturated heterocycles. The molecule has 0 atom stereocenters. The van der Waals surface area contributed by atoms with E-state index in [0.717, 1.165) is 22.6 Å². The largest absolute Gasteiger partial charge is 0.245 e. The first kappa shape index (κ1) is 10.1. The highest BCUT2D eigenvalue weighted by molar-refractivity contribution is 7.07. The lowest BCUT2D eigenvalue weighted by Gasteiger charge is -2.00. The van der Waals surface area contributed by atoms with Gasteiger partial charge in [-0.15, -0.1) is 16.4 Å². The van der Waals surface area contributed by atoms with Crippen LogP contribution in [0.1, 0.15) is 0 Å². The standard InChI is InChI=1S/C11H9N5S/c1-16-11(13-14-15-16)9-4-2-8(3-5-9)10-6-17-7-12-10/h2-7H,1H3. The zero-order valence-corrected chi connectivity index (χ0v) is 9.92. The van der Waals surface area contributed by atoms with Crippen LogP contribution in [0.15, 0.2) is 35.2 Å². The van der Waals surface area contributed by atoms with E-state index >= 15 is 0 Å². The average molecular weight is 243 g/mol. The fraction of sp³-hybridized carbons (Fsp3) is 0.0909. The molecule has 2 aromatic heterocycles. The second kappa shape index (κ2) is 4.06. The van der Waals surface area contributed by atoms with Gasteiger partial charge in [0.15, 0.2) is 5.82 Å². The Labute approximate surface area is 102 Å². The molecular weight excluding hydrogens is 234 g/mol. The van der Waals surface area contributed by atoms with Crippen LogP contribution in [0.2, 0.25) is 0 Å². The first-order chi connectivity index (χ1) is 8.34. The first-order valence-electron chi connectivity index (χ1n) is 5.06. The van der Waals surface area contributed by atoms with Gasteiger partial charge in [-0.1, -0.05) is 24.3 Å². The highest BCUT2D eigenvalue weighted by Gasteiger charge is 2.06. The summed E-state index contributed by atoms with van der Waals surface area (Å²) >= 11 is 1.59. The summed E-state index contributed by atoms with van der Waals surface area (Å²) in [6, 6.07) is 8.05. The Bertz CT molecular complexity index is 612. The summed E-state index contributed by atoms with van der Waals surface area (Å²) in [6.07, 6.45) is 0. The third kappa shape index (κ3) is 1.83. The van der Waals surface area contributed by atoms with E-state index in [0.29, 0.717) is 0 Å². The molecule has 5 nitrogen and oxygen atoms in total. The van der Waals surface area contributed by atoms with Gasteiger partial charge in [0.1, 0.15) is 0 Å². The lowest BCUT2D eigenvalue weighted by atomic mass is 10.1. The van der Waals surface area contributed by atoms with Crippen LogP contribution < -0.4 is 0 Å². The third-order valence-electron chi connectivity index (χ3n) is 2.49. The molecule has 2 heterocycles. The number of hydrogen-bond acceptors (Lipinski definition) is 5. The van der Waals surface area contributed by atoms with Crippen LogP contribution >= 0.6 is 11.3 Å². The number of rotatable bonds is 2. The zero-order chi connectivity index (χ0) is 11.7. The molecule has 17 heavy (non-hydrogen) atoms. The molecule has 0 bridgehead atoms. The lowest BCUT2D eigenvalue weighted by Crippen LogP contribution is -1.94. The van der Waals surface area contributed by atoms with Crippen LogP contribution in [0.25, 0.3) is 22.6 Å². The number of aryl methyl sites for hydroxylation is 1. The summed E-state index contributed by atoms with van der Waals surface area (Å²) in [5, 5.41) is 13.4. The minimum atomic E-state index is 0.759. The zero-order valence-electron chi connectivity index (χ0n) is 9.11. The minimum Gasteiger partial charge on any atom is -0.245 e. The van der Waals surface area contributed by atoms with Gasteiger partial charge in [0, 0.05) is 23.6 Å². The van der Waals surface area contributed by atoms with Gasteiger partial charge < -0.3 is 0 Å². The molecule has 6 heteroatoms. The Morgan fingerprint density at radius 3 is 2.47 bits per heavy atom. The van der Waals surface area contributed by atoms with E-state index in [1.54, 1.807) is 16.0 Å². The molecule has 0 N–H and O–H groups in total. The van der Waals surface area contributed by atoms with Crippen molar-refractivity contribution in [2.45, 2.75) is 0 Å². The van der Waals surface area contributed by atoms with Crippen LogP contribution in [0.3, 0.4) is 0 Å². The molecule has 3 rings (SSSR count). The van der Waals surface area contributed by atoms with Crippen LogP contribution in [0, 0.1) is 0 Å². The summed E-state index contributed by atoms with van der Waals surface area (Å²) in [7, 11) is 1.82. The molecule has 0 saturated carbocycles. The molecule has 84 valence electrons. The molecule has 0 unspecified atom stereocenters. The van der Waals surface area contributed by atoms with Crippen molar-refractivity contribution < 1.29 is 0 Å². The normalized spacial score (nSPS) is 10.6.